The molecule has 0 aliphatic carbocycles. The van der Waals surface area contributed by atoms with Crippen molar-refractivity contribution >= 4 is 17.8 Å². The van der Waals surface area contributed by atoms with Crippen LogP contribution in [0.2, 0.25) is 0 Å². The van der Waals surface area contributed by atoms with Crippen LogP contribution in [-0.2, 0) is 6.42 Å². The maximum atomic E-state index is 12.3. The second-order valence-corrected chi connectivity index (χ2v) is 6.33. The maximum absolute atomic E-state index is 12.3. The standard InChI is InChI=1S/C24H20O3/c1-3-18-6-12-21(13-7-18)24(26)27-22-14-8-19(9-15-22)16-23(25)20-10-4-17(2)5-11-20/h3-15H,1,16H2,2H3. The molecule has 0 amide bonds. The van der Waals surface area contributed by atoms with Gasteiger partial charge in [0.15, 0.2) is 5.78 Å². The van der Waals surface area contributed by atoms with E-state index in [4.69, 9.17) is 4.74 Å². The number of esters is 1. The lowest BCUT2D eigenvalue weighted by Crippen LogP contribution is -2.08. The lowest BCUT2D eigenvalue weighted by atomic mass is 10.0. The number of rotatable bonds is 6. The number of ketones is 1. The average Bonchev–Trinajstić information content (AvgIpc) is 2.70. The molecule has 0 unspecified atom stereocenters. The van der Waals surface area contributed by atoms with Gasteiger partial charge in [-0.2, -0.15) is 0 Å². The van der Waals surface area contributed by atoms with Crippen molar-refractivity contribution in [3.05, 3.63) is 107 Å². The number of Topliss-reactive ketones (excluding diaryl/α,β-unsaturated/α-hetero) is 1. The van der Waals surface area contributed by atoms with Crippen LogP contribution in [0.3, 0.4) is 0 Å². The van der Waals surface area contributed by atoms with Crippen molar-refractivity contribution in [2.75, 3.05) is 0 Å². The summed E-state index contributed by atoms with van der Waals surface area (Å²) in [5.74, 6) is 0.0791. The Morgan fingerprint density at radius 1 is 0.852 bits per heavy atom. The van der Waals surface area contributed by atoms with Crippen molar-refractivity contribution in [1.29, 1.82) is 0 Å². The number of ether oxygens (including phenoxy) is 1. The topological polar surface area (TPSA) is 43.4 Å². The van der Waals surface area contributed by atoms with E-state index in [-0.39, 0.29) is 5.78 Å². The van der Waals surface area contributed by atoms with E-state index in [1.165, 1.54) is 0 Å². The summed E-state index contributed by atoms with van der Waals surface area (Å²) in [6.45, 7) is 5.67. The molecule has 0 aliphatic rings. The van der Waals surface area contributed by atoms with Crippen LogP contribution in [-0.4, -0.2) is 11.8 Å². The number of carbonyl (C=O) groups is 2. The van der Waals surface area contributed by atoms with Crippen molar-refractivity contribution in [2.24, 2.45) is 0 Å². The quantitative estimate of drug-likeness (QED) is 0.343. The minimum absolute atomic E-state index is 0.0575. The fourth-order valence-corrected chi connectivity index (χ4v) is 2.62. The molecule has 3 rings (SSSR count). The zero-order valence-electron chi connectivity index (χ0n) is 15.1. The largest absolute Gasteiger partial charge is 0.423 e. The van der Waals surface area contributed by atoms with Crippen LogP contribution in [0.1, 0.15) is 37.4 Å². The highest BCUT2D eigenvalue weighted by Gasteiger charge is 2.10. The van der Waals surface area contributed by atoms with Gasteiger partial charge in [0.25, 0.3) is 0 Å². The molecular weight excluding hydrogens is 336 g/mol. The molecule has 27 heavy (non-hydrogen) atoms. The highest BCUT2D eigenvalue weighted by molar-refractivity contribution is 5.97. The van der Waals surface area contributed by atoms with E-state index in [2.05, 4.69) is 6.58 Å². The predicted octanol–water partition coefficient (Wildman–Crippen LogP) is 5.28. The second-order valence-electron chi connectivity index (χ2n) is 6.33. The van der Waals surface area contributed by atoms with E-state index >= 15 is 0 Å². The van der Waals surface area contributed by atoms with Crippen LogP contribution in [0, 0.1) is 6.92 Å². The molecule has 0 N–H and O–H groups in total. The first kappa shape index (κ1) is 18.3. The third-order valence-corrected chi connectivity index (χ3v) is 4.25. The molecule has 0 aliphatic heterocycles. The van der Waals surface area contributed by atoms with E-state index in [0.29, 0.717) is 23.3 Å². The Bertz CT molecular complexity index is 950. The van der Waals surface area contributed by atoms with Gasteiger partial charge in [-0.05, 0) is 42.3 Å². The predicted molar refractivity (Wildman–Crippen MR) is 107 cm³/mol. The summed E-state index contributed by atoms with van der Waals surface area (Å²) in [6.07, 6.45) is 2.02. The molecule has 0 bridgehead atoms. The van der Waals surface area contributed by atoms with Gasteiger partial charge in [-0.25, -0.2) is 4.79 Å². The van der Waals surface area contributed by atoms with E-state index < -0.39 is 5.97 Å². The molecule has 3 aromatic rings. The van der Waals surface area contributed by atoms with Gasteiger partial charge >= 0.3 is 5.97 Å². The molecule has 134 valence electrons. The van der Waals surface area contributed by atoms with Gasteiger partial charge in [0.2, 0.25) is 0 Å². The van der Waals surface area contributed by atoms with Crippen LogP contribution >= 0.6 is 0 Å². The van der Waals surface area contributed by atoms with Crippen molar-refractivity contribution < 1.29 is 14.3 Å². The Morgan fingerprint density at radius 2 is 1.44 bits per heavy atom. The molecule has 3 heteroatoms. The highest BCUT2D eigenvalue weighted by atomic mass is 16.5. The fourth-order valence-electron chi connectivity index (χ4n) is 2.62. The summed E-state index contributed by atoms with van der Waals surface area (Å²) in [5, 5.41) is 0. The van der Waals surface area contributed by atoms with Gasteiger partial charge in [-0.15, -0.1) is 0 Å². The summed E-state index contributed by atoms with van der Waals surface area (Å²) in [7, 11) is 0. The van der Waals surface area contributed by atoms with Gasteiger partial charge in [0, 0.05) is 12.0 Å². The zero-order chi connectivity index (χ0) is 19.2. The number of hydrogen-bond donors (Lipinski definition) is 0. The molecule has 3 nitrogen and oxygen atoms in total. The van der Waals surface area contributed by atoms with Gasteiger partial charge in [0.1, 0.15) is 5.75 Å². The number of benzene rings is 3. The Morgan fingerprint density at radius 3 is 2.04 bits per heavy atom. The van der Waals surface area contributed by atoms with Crippen molar-refractivity contribution in [2.45, 2.75) is 13.3 Å². The first-order chi connectivity index (χ1) is 13.0. The molecule has 0 heterocycles. The highest BCUT2D eigenvalue weighted by Crippen LogP contribution is 2.17. The molecule has 0 spiro atoms. The van der Waals surface area contributed by atoms with E-state index in [1.54, 1.807) is 42.5 Å². The molecule has 0 fully saturated rings. The Balaban J connectivity index is 1.62. The van der Waals surface area contributed by atoms with Crippen molar-refractivity contribution in [3.8, 4) is 5.75 Å². The monoisotopic (exact) mass is 356 g/mol. The number of carbonyl (C=O) groups excluding carboxylic acids is 2. The van der Waals surface area contributed by atoms with E-state index in [1.807, 2.05) is 43.3 Å². The van der Waals surface area contributed by atoms with E-state index in [0.717, 1.165) is 16.7 Å². The van der Waals surface area contributed by atoms with Crippen LogP contribution in [0.5, 0.6) is 5.75 Å². The van der Waals surface area contributed by atoms with Crippen LogP contribution in [0.15, 0.2) is 79.4 Å². The normalized spacial score (nSPS) is 10.3. The molecule has 0 atom stereocenters. The Kier molecular flexibility index (Phi) is 5.62. The molecule has 0 radical (unpaired) electrons. The zero-order valence-corrected chi connectivity index (χ0v) is 15.1. The van der Waals surface area contributed by atoms with Crippen molar-refractivity contribution in [3.63, 3.8) is 0 Å². The minimum atomic E-state index is -0.422. The molecule has 0 saturated heterocycles. The lowest BCUT2D eigenvalue weighted by molar-refractivity contribution is 0.0734. The van der Waals surface area contributed by atoms with Gasteiger partial charge < -0.3 is 4.74 Å². The fraction of sp³-hybridized carbons (Fsp3) is 0.0833. The molecule has 0 aromatic heterocycles. The SMILES string of the molecule is C=Cc1ccc(C(=O)Oc2ccc(CC(=O)c3ccc(C)cc3)cc2)cc1. The second kappa shape index (κ2) is 8.28. The molecule has 0 saturated carbocycles. The minimum Gasteiger partial charge on any atom is -0.423 e. The Hall–Kier alpha value is -3.46. The summed E-state index contributed by atoms with van der Waals surface area (Å²) >= 11 is 0. The summed E-state index contributed by atoms with van der Waals surface area (Å²) < 4.78 is 5.38. The van der Waals surface area contributed by atoms with Gasteiger partial charge in [-0.3, -0.25) is 4.79 Å². The smallest absolute Gasteiger partial charge is 0.343 e. The average molecular weight is 356 g/mol. The third kappa shape index (κ3) is 4.79. The summed E-state index contributed by atoms with van der Waals surface area (Å²) in [5.41, 5.74) is 4.10. The number of aryl methyl sites for hydroxylation is 1. The van der Waals surface area contributed by atoms with Crippen LogP contribution in [0.25, 0.3) is 6.08 Å². The summed E-state index contributed by atoms with van der Waals surface area (Å²) in [6, 6.07) is 21.6. The van der Waals surface area contributed by atoms with Crippen molar-refractivity contribution in [1.82, 2.24) is 0 Å². The Labute approximate surface area is 158 Å². The summed E-state index contributed by atoms with van der Waals surface area (Å²) in [4.78, 5) is 24.5. The first-order valence-electron chi connectivity index (χ1n) is 8.68. The van der Waals surface area contributed by atoms with Gasteiger partial charge in [-0.1, -0.05) is 66.7 Å². The maximum Gasteiger partial charge on any atom is 0.343 e. The third-order valence-electron chi connectivity index (χ3n) is 4.25. The number of hydrogen-bond acceptors (Lipinski definition) is 3. The first-order valence-corrected chi connectivity index (χ1v) is 8.68. The van der Waals surface area contributed by atoms with E-state index in [9.17, 15) is 9.59 Å². The van der Waals surface area contributed by atoms with Crippen LogP contribution in [0.4, 0.5) is 0 Å². The van der Waals surface area contributed by atoms with Crippen LogP contribution < -0.4 is 4.74 Å². The lowest BCUT2D eigenvalue weighted by Gasteiger charge is -2.06. The molecule has 3 aromatic carbocycles. The molecular formula is C24H20O3. The van der Waals surface area contributed by atoms with Gasteiger partial charge in [0.05, 0.1) is 5.56 Å².